The first kappa shape index (κ1) is 11.6. The number of aromatic nitrogens is 1. The molecular formula is C11H8ClNOS2. The second kappa shape index (κ2) is 4.99. The van der Waals surface area contributed by atoms with Gasteiger partial charge in [0, 0.05) is 22.0 Å². The third kappa shape index (κ3) is 2.64. The summed E-state index contributed by atoms with van der Waals surface area (Å²) in [5.41, 5.74) is 0.560. The van der Waals surface area contributed by atoms with Gasteiger partial charge in [0.1, 0.15) is 0 Å². The number of ketones is 1. The van der Waals surface area contributed by atoms with Crippen molar-refractivity contribution in [2.75, 3.05) is 0 Å². The quantitative estimate of drug-likeness (QED) is 0.784. The fourth-order valence-electron chi connectivity index (χ4n) is 1.21. The first-order valence-electron chi connectivity index (χ1n) is 4.54. The van der Waals surface area contributed by atoms with E-state index in [1.165, 1.54) is 6.92 Å². The van der Waals surface area contributed by atoms with Crippen molar-refractivity contribution in [1.82, 2.24) is 4.98 Å². The van der Waals surface area contributed by atoms with Gasteiger partial charge in [-0.1, -0.05) is 23.4 Å². The summed E-state index contributed by atoms with van der Waals surface area (Å²) in [6.07, 6.45) is 1.76. The number of thiazole rings is 1. The number of benzene rings is 1. The maximum absolute atomic E-state index is 11.2. The van der Waals surface area contributed by atoms with Gasteiger partial charge in [-0.25, -0.2) is 4.98 Å². The molecule has 5 heteroatoms. The minimum absolute atomic E-state index is 0.0178. The zero-order valence-electron chi connectivity index (χ0n) is 8.44. The Balaban J connectivity index is 2.24. The van der Waals surface area contributed by atoms with Gasteiger partial charge in [0.2, 0.25) is 0 Å². The number of nitrogens with zero attached hydrogens (tertiary/aromatic N) is 1. The molecule has 2 aromatic rings. The van der Waals surface area contributed by atoms with Crippen LogP contribution in [0.2, 0.25) is 5.02 Å². The van der Waals surface area contributed by atoms with Gasteiger partial charge < -0.3 is 0 Å². The van der Waals surface area contributed by atoms with Gasteiger partial charge in [0.25, 0.3) is 0 Å². The summed E-state index contributed by atoms with van der Waals surface area (Å²) in [7, 11) is 0. The number of hydrogen-bond acceptors (Lipinski definition) is 4. The van der Waals surface area contributed by atoms with Crippen LogP contribution in [0, 0.1) is 0 Å². The summed E-state index contributed by atoms with van der Waals surface area (Å²) >= 11 is 9.13. The monoisotopic (exact) mass is 269 g/mol. The van der Waals surface area contributed by atoms with Crippen LogP contribution in [0.4, 0.5) is 0 Å². The first-order valence-corrected chi connectivity index (χ1v) is 6.62. The topological polar surface area (TPSA) is 30.0 Å². The third-order valence-corrected chi connectivity index (χ3v) is 4.12. The van der Waals surface area contributed by atoms with E-state index in [1.807, 2.05) is 11.4 Å². The Morgan fingerprint density at radius 3 is 2.88 bits per heavy atom. The number of Topliss-reactive ketones (excluding diaryl/α,β-unsaturated/α-hetero) is 1. The molecule has 0 aliphatic carbocycles. The van der Waals surface area contributed by atoms with Crippen molar-refractivity contribution < 1.29 is 4.79 Å². The highest BCUT2D eigenvalue weighted by molar-refractivity contribution is 8.01. The lowest BCUT2D eigenvalue weighted by atomic mass is 10.1. The van der Waals surface area contributed by atoms with Crippen molar-refractivity contribution in [3.63, 3.8) is 0 Å². The zero-order valence-corrected chi connectivity index (χ0v) is 10.8. The zero-order chi connectivity index (χ0) is 11.5. The van der Waals surface area contributed by atoms with Crippen LogP contribution in [-0.4, -0.2) is 10.8 Å². The molecule has 0 fully saturated rings. The molecule has 2 rings (SSSR count). The molecule has 0 unspecified atom stereocenters. The molecule has 2 nitrogen and oxygen atoms in total. The highest BCUT2D eigenvalue weighted by Crippen LogP contribution is 2.31. The second-order valence-electron chi connectivity index (χ2n) is 3.10. The van der Waals surface area contributed by atoms with Crippen molar-refractivity contribution >= 4 is 40.5 Å². The highest BCUT2D eigenvalue weighted by atomic mass is 35.5. The molecule has 0 aliphatic rings. The largest absolute Gasteiger partial charge is 0.294 e. The number of carbonyl (C=O) groups excluding carboxylic acids is 1. The summed E-state index contributed by atoms with van der Waals surface area (Å²) in [6.45, 7) is 1.51. The summed E-state index contributed by atoms with van der Waals surface area (Å²) < 4.78 is 0.964. The summed E-state index contributed by atoms with van der Waals surface area (Å²) in [5.74, 6) is -0.0178. The van der Waals surface area contributed by atoms with E-state index in [2.05, 4.69) is 4.98 Å². The summed E-state index contributed by atoms with van der Waals surface area (Å²) in [4.78, 5) is 16.4. The Bertz CT molecular complexity index is 511. The molecular weight excluding hydrogens is 262 g/mol. The van der Waals surface area contributed by atoms with Crippen molar-refractivity contribution in [3.8, 4) is 0 Å². The van der Waals surface area contributed by atoms with Gasteiger partial charge in [-0.2, -0.15) is 0 Å². The van der Waals surface area contributed by atoms with Crippen LogP contribution in [0.1, 0.15) is 17.3 Å². The lowest BCUT2D eigenvalue weighted by Gasteiger charge is -2.02. The Kier molecular flexibility index (Phi) is 3.63. The van der Waals surface area contributed by atoms with E-state index < -0.39 is 0 Å². The summed E-state index contributed by atoms with van der Waals surface area (Å²) in [6, 6.07) is 5.43. The lowest BCUT2D eigenvalue weighted by Crippen LogP contribution is -1.92. The van der Waals surface area contributed by atoms with E-state index in [1.54, 1.807) is 41.4 Å². The molecule has 0 atom stereocenters. The van der Waals surface area contributed by atoms with Crippen LogP contribution >= 0.6 is 34.7 Å². The van der Waals surface area contributed by atoms with Gasteiger partial charge in [-0.15, -0.1) is 11.3 Å². The smallest absolute Gasteiger partial charge is 0.161 e. The van der Waals surface area contributed by atoms with Crippen LogP contribution in [0.15, 0.2) is 39.0 Å². The van der Waals surface area contributed by atoms with Crippen LogP contribution in [0.25, 0.3) is 0 Å². The fourth-order valence-corrected chi connectivity index (χ4v) is 3.22. The predicted octanol–water partition coefficient (Wildman–Crippen LogP) is 4.15. The van der Waals surface area contributed by atoms with E-state index in [-0.39, 0.29) is 5.78 Å². The fraction of sp³-hybridized carbons (Fsp3) is 0.0909. The van der Waals surface area contributed by atoms with Gasteiger partial charge >= 0.3 is 0 Å². The number of halogens is 1. The van der Waals surface area contributed by atoms with E-state index in [9.17, 15) is 4.79 Å². The molecule has 0 aliphatic heterocycles. The molecule has 0 radical (unpaired) electrons. The lowest BCUT2D eigenvalue weighted by molar-refractivity contribution is 0.101. The van der Waals surface area contributed by atoms with Crippen molar-refractivity contribution in [1.29, 1.82) is 0 Å². The maximum atomic E-state index is 11.2. The van der Waals surface area contributed by atoms with Crippen LogP contribution in [-0.2, 0) is 0 Å². The Morgan fingerprint density at radius 1 is 1.50 bits per heavy atom. The Hall–Kier alpha value is -0.840. The first-order chi connectivity index (χ1) is 7.66. The van der Waals surface area contributed by atoms with Gasteiger partial charge in [-0.05, 0) is 25.1 Å². The van der Waals surface area contributed by atoms with Crippen molar-refractivity contribution in [2.24, 2.45) is 0 Å². The standard InChI is InChI=1S/C11H8ClNOS2/c1-7(14)9-3-2-8(6-10(9)12)16-11-13-4-5-15-11/h2-6H,1H3. The van der Waals surface area contributed by atoms with Gasteiger partial charge in [-0.3, -0.25) is 4.79 Å². The Labute approximate surface area is 107 Å². The molecule has 16 heavy (non-hydrogen) atoms. The van der Waals surface area contributed by atoms with Crippen LogP contribution in [0.5, 0.6) is 0 Å². The van der Waals surface area contributed by atoms with E-state index >= 15 is 0 Å². The van der Waals surface area contributed by atoms with E-state index in [4.69, 9.17) is 11.6 Å². The average Bonchev–Trinajstić information content (AvgIpc) is 2.70. The predicted molar refractivity (Wildman–Crippen MR) is 67.7 cm³/mol. The van der Waals surface area contributed by atoms with Crippen molar-refractivity contribution in [3.05, 3.63) is 40.4 Å². The number of carbonyl (C=O) groups is 1. The Morgan fingerprint density at radius 2 is 2.31 bits per heavy atom. The van der Waals surface area contributed by atoms with E-state index in [0.717, 1.165) is 9.24 Å². The molecule has 0 N–H and O–H groups in total. The average molecular weight is 270 g/mol. The summed E-state index contributed by atoms with van der Waals surface area (Å²) in [5, 5.41) is 2.42. The molecule has 82 valence electrons. The molecule has 0 spiro atoms. The normalized spacial score (nSPS) is 10.4. The van der Waals surface area contributed by atoms with Crippen molar-refractivity contribution in [2.45, 2.75) is 16.2 Å². The van der Waals surface area contributed by atoms with Gasteiger partial charge in [0.15, 0.2) is 10.1 Å². The SMILES string of the molecule is CC(=O)c1ccc(Sc2nccs2)cc1Cl. The molecule has 0 amide bonds. The highest BCUT2D eigenvalue weighted by Gasteiger charge is 2.07. The van der Waals surface area contributed by atoms with Crippen LogP contribution in [0.3, 0.4) is 0 Å². The molecule has 1 aromatic heterocycles. The third-order valence-electron chi connectivity index (χ3n) is 1.93. The number of hydrogen-bond donors (Lipinski definition) is 0. The van der Waals surface area contributed by atoms with Gasteiger partial charge in [0.05, 0.1) is 5.02 Å². The molecule has 1 aromatic carbocycles. The second-order valence-corrected chi connectivity index (χ2v) is 5.72. The van der Waals surface area contributed by atoms with E-state index in [0.29, 0.717) is 10.6 Å². The molecule has 0 saturated carbocycles. The van der Waals surface area contributed by atoms with Crippen LogP contribution < -0.4 is 0 Å². The maximum Gasteiger partial charge on any atom is 0.161 e. The minimum Gasteiger partial charge on any atom is -0.294 e. The number of rotatable bonds is 3. The molecule has 0 saturated heterocycles. The minimum atomic E-state index is -0.0178. The molecule has 0 bridgehead atoms. The molecule has 1 heterocycles.